The van der Waals surface area contributed by atoms with E-state index in [-0.39, 0.29) is 29.3 Å². The highest BCUT2D eigenvalue weighted by Gasteiger charge is 2.34. The third-order valence-electron chi connectivity index (χ3n) is 5.71. The van der Waals surface area contributed by atoms with Gasteiger partial charge in [0.15, 0.2) is 11.6 Å². The number of aromatic nitrogens is 1. The number of anilines is 1. The smallest absolute Gasteiger partial charge is 0.341 e. The predicted octanol–water partition coefficient (Wildman–Crippen LogP) is 2.61. The van der Waals surface area contributed by atoms with E-state index in [4.69, 9.17) is 4.74 Å². The minimum Gasteiger partial charge on any atom is -0.477 e. The van der Waals surface area contributed by atoms with E-state index >= 15 is 4.39 Å². The Morgan fingerprint density at radius 3 is 2.55 bits per heavy atom. The Kier molecular flexibility index (Phi) is 4.78. The first-order valence-electron chi connectivity index (χ1n) is 9.41. The second-order valence-corrected chi connectivity index (χ2v) is 7.71. The van der Waals surface area contributed by atoms with Crippen LogP contribution in [-0.4, -0.2) is 53.8 Å². The summed E-state index contributed by atoms with van der Waals surface area (Å²) in [5.41, 5.74) is -0.299. The fraction of sp³-hybridized carbons (Fsp3) is 0.400. The second kappa shape index (κ2) is 7.03. The predicted molar refractivity (Wildman–Crippen MR) is 110 cm³/mol. The number of hydrogen-bond donors (Lipinski definition) is 1. The van der Waals surface area contributed by atoms with Gasteiger partial charge in [-0.1, -0.05) is 0 Å². The molecular weight excluding hydrogens is 401 g/mol. The van der Waals surface area contributed by atoms with Gasteiger partial charge < -0.3 is 24.2 Å². The van der Waals surface area contributed by atoms with Gasteiger partial charge in [0, 0.05) is 44.5 Å². The van der Waals surface area contributed by atoms with Crippen molar-refractivity contribution in [2.75, 3.05) is 38.1 Å². The molecule has 1 saturated carbocycles. The van der Waals surface area contributed by atoms with Crippen LogP contribution in [0.1, 0.15) is 23.2 Å². The molecule has 5 rings (SSSR count). The van der Waals surface area contributed by atoms with Crippen molar-refractivity contribution in [3.8, 4) is 5.75 Å². The summed E-state index contributed by atoms with van der Waals surface area (Å²) in [5.74, 6) is -0.629. The van der Waals surface area contributed by atoms with E-state index in [0.29, 0.717) is 35.8 Å². The number of likely N-dealkylation sites (N-methyl/N-ethyl adjacent to an activating group) is 1. The van der Waals surface area contributed by atoms with Crippen molar-refractivity contribution in [3.05, 3.63) is 39.6 Å². The number of aromatic carboxylic acids is 1. The van der Waals surface area contributed by atoms with Gasteiger partial charge in [-0.2, -0.15) is 0 Å². The quantitative estimate of drug-likeness (QED) is 0.821. The number of piperazine rings is 1. The normalized spacial score (nSPS) is 18.8. The van der Waals surface area contributed by atoms with E-state index in [2.05, 4.69) is 4.90 Å². The van der Waals surface area contributed by atoms with Gasteiger partial charge in [0.05, 0.1) is 5.39 Å². The van der Waals surface area contributed by atoms with Crippen LogP contribution in [-0.2, 0) is 0 Å². The maximum Gasteiger partial charge on any atom is 0.341 e. The lowest BCUT2D eigenvalue weighted by Crippen LogP contribution is -2.45. The molecule has 0 amide bonds. The second-order valence-electron chi connectivity index (χ2n) is 7.71. The number of carboxylic acid groups (broad SMARTS) is 1. The van der Waals surface area contributed by atoms with Gasteiger partial charge in [-0.25, -0.2) is 9.18 Å². The average Bonchev–Trinajstić information content (AvgIpc) is 3.50. The lowest BCUT2D eigenvalue weighted by atomic mass is 10.1. The number of allylic oxidation sites excluding steroid dienone is 1. The van der Waals surface area contributed by atoms with Gasteiger partial charge >= 0.3 is 5.97 Å². The van der Waals surface area contributed by atoms with E-state index in [1.807, 2.05) is 11.9 Å². The Balaban J connectivity index is 0.00000205. The molecule has 2 aromatic rings. The van der Waals surface area contributed by atoms with Crippen LogP contribution in [0.3, 0.4) is 0 Å². The van der Waals surface area contributed by atoms with Gasteiger partial charge in [-0.05, 0) is 26.0 Å². The third-order valence-corrected chi connectivity index (χ3v) is 5.71. The first kappa shape index (κ1) is 19.7. The number of pyridine rings is 1. The zero-order valence-electron chi connectivity index (χ0n) is 15.9. The summed E-state index contributed by atoms with van der Waals surface area (Å²) < 4.78 is 23.0. The highest BCUT2D eigenvalue weighted by atomic mass is 35.5. The third kappa shape index (κ3) is 3.16. The van der Waals surface area contributed by atoms with Crippen LogP contribution < -0.4 is 15.1 Å². The fourth-order valence-corrected chi connectivity index (χ4v) is 3.96. The van der Waals surface area contributed by atoms with Crippen molar-refractivity contribution >= 4 is 41.2 Å². The van der Waals surface area contributed by atoms with Gasteiger partial charge in [0.1, 0.15) is 22.5 Å². The van der Waals surface area contributed by atoms with Gasteiger partial charge in [-0.3, -0.25) is 4.79 Å². The number of carbonyl (C=O) groups is 1. The molecule has 154 valence electrons. The van der Waals surface area contributed by atoms with Crippen LogP contribution in [0.25, 0.3) is 17.1 Å². The summed E-state index contributed by atoms with van der Waals surface area (Å²) in [6, 6.07) is 1.15. The number of carboxylic acids is 1. The molecule has 1 aromatic carbocycles. The van der Waals surface area contributed by atoms with Gasteiger partial charge in [-0.15, -0.1) is 12.4 Å². The molecule has 7 nitrogen and oxygen atoms in total. The highest BCUT2D eigenvalue weighted by molar-refractivity contribution is 5.98. The minimum absolute atomic E-state index is 0. The van der Waals surface area contributed by atoms with Crippen LogP contribution >= 0.6 is 12.4 Å². The molecule has 0 radical (unpaired) electrons. The monoisotopic (exact) mass is 421 g/mol. The largest absolute Gasteiger partial charge is 0.477 e. The topological polar surface area (TPSA) is 75.0 Å². The maximum absolute atomic E-state index is 15.2. The zero-order valence-corrected chi connectivity index (χ0v) is 16.7. The Morgan fingerprint density at radius 2 is 1.93 bits per heavy atom. The number of ether oxygens (including phenoxy) is 1. The molecule has 2 aliphatic heterocycles. The number of nitrogens with zero attached hydrogens (tertiary/aromatic N) is 3. The first-order valence-corrected chi connectivity index (χ1v) is 9.41. The Labute approximate surface area is 172 Å². The molecule has 0 atom stereocenters. The van der Waals surface area contributed by atoms with Gasteiger partial charge in [0.25, 0.3) is 0 Å². The fourth-order valence-electron chi connectivity index (χ4n) is 3.96. The minimum atomic E-state index is -1.33. The van der Waals surface area contributed by atoms with Gasteiger partial charge in [0.2, 0.25) is 5.43 Å². The molecule has 0 unspecified atom stereocenters. The van der Waals surface area contributed by atoms with E-state index in [1.165, 1.54) is 6.20 Å². The Bertz CT molecular complexity index is 1100. The SMILES string of the molecule is CN1CCN(c2c(F)cc3c(=O)c(C(=O)O)cn4c3c2OC(C2CC2)=C4)CC1.Cl. The molecule has 1 saturated heterocycles. The van der Waals surface area contributed by atoms with Crippen molar-refractivity contribution in [2.24, 2.45) is 5.92 Å². The summed E-state index contributed by atoms with van der Waals surface area (Å²) in [6.07, 6.45) is 5.00. The summed E-state index contributed by atoms with van der Waals surface area (Å²) >= 11 is 0. The molecule has 9 heteroatoms. The van der Waals surface area contributed by atoms with E-state index in [9.17, 15) is 14.7 Å². The lowest BCUT2D eigenvalue weighted by molar-refractivity contribution is 0.0695. The van der Waals surface area contributed by atoms with Crippen molar-refractivity contribution in [2.45, 2.75) is 12.8 Å². The van der Waals surface area contributed by atoms with Crippen LogP contribution in [0, 0.1) is 11.7 Å². The summed E-state index contributed by atoms with van der Waals surface area (Å²) in [6.45, 7) is 2.89. The highest BCUT2D eigenvalue weighted by Crippen LogP contribution is 2.46. The molecule has 1 N–H and O–H groups in total. The zero-order chi connectivity index (χ0) is 19.6. The van der Waals surface area contributed by atoms with Crippen molar-refractivity contribution in [1.82, 2.24) is 9.47 Å². The van der Waals surface area contributed by atoms with Crippen LogP contribution in [0.2, 0.25) is 0 Å². The maximum atomic E-state index is 15.2. The Morgan fingerprint density at radius 1 is 1.24 bits per heavy atom. The van der Waals surface area contributed by atoms with Crippen LogP contribution in [0.15, 0.2) is 22.8 Å². The molecule has 3 heterocycles. The van der Waals surface area contributed by atoms with Crippen molar-refractivity contribution < 1.29 is 19.0 Å². The van der Waals surface area contributed by atoms with E-state index in [0.717, 1.165) is 32.0 Å². The molecule has 3 aliphatic rings. The van der Waals surface area contributed by atoms with Crippen LogP contribution in [0.5, 0.6) is 5.75 Å². The molecule has 0 spiro atoms. The van der Waals surface area contributed by atoms with Crippen molar-refractivity contribution in [1.29, 1.82) is 0 Å². The summed E-state index contributed by atoms with van der Waals surface area (Å²) in [5, 5.41) is 9.42. The molecule has 1 aromatic heterocycles. The molecule has 0 bridgehead atoms. The number of rotatable bonds is 3. The average molecular weight is 422 g/mol. The molecule has 29 heavy (non-hydrogen) atoms. The number of benzene rings is 1. The lowest BCUT2D eigenvalue weighted by Gasteiger charge is -2.36. The Hall–Kier alpha value is -2.58. The van der Waals surface area contributed by atoms with Crippen molar-refractivity contribution in [3.63, 3.8) is 0 Å². The summed E-state index contributed by atoms with van der Waals surface area (Å²) in [7, 11) is 2.02. The molecule has 1 aliphatic carbocycles. The summed E-state index contributed by atoms with van der Waals surface area (Å²) in [4.78, 5) is 28.3. The standard InChI is InChI=1S/C20H20FN3O4.ClH/c1-22-4-6-23(7-5-22)17-14(21)8-12-16-19(17)28-15(11-2-3-11)10-24(16)9-13(18(12)25)20(26)27;/h8-11H,2-7H2,1H3,(H,26,27);1H. The molecule has 2 fully saturated rings. The first-order chi connectivity index (χ1) is 13.4. The van der Waals surface area contributed by atoms with Crippen LogP contribution in [0.4, 0.5) is 10.1 Å². The van der Waals surface area contributed by atoms with E-state index in [1.54, 1.807) is 10.8 Å². The molecular formula is C20H21ClFN3O4. The number of hydrogen-bond acceptors (Lipinski definition) is 5. The number of halogens is 2. The van der Waals surface area contributed by atoms with E-state index < -0.39 is 17.2 Å².